The van der Waals surface area contributed by atoms with Gasteiger partial charge in [0.2, 0.25) is 0 Å². The van der Waals surface area contributed by atoms with Gasteiger partial charge in [-0.15, -0.1) is 0 Å². The van der Waals surface area contributed by atoms with Crippen LogP contribution in [0.15, 0.2) is 18.2 Å². The lowest BCUT2D eigenvalue weighted by Crippen LogP contribution is -2.32. The van der Waals surface area contributed by atoms with Gasteiger partial charge < -0.3 is 16.8 Å². The van der Waals surface area contributed by atoms with Gasteiger partial charge in [0.05, 0.1) is 0 Å². The maximum Gasteiger partial charge on any atom is 0.251 e. The second kappa shape index (κ2) is 7.52. The van der Waals surface area contributed by atoms with Gasteiger partial charge in [0.15, 0.2) is 0 Å². The van der Waals surface area contributed by atoms with Crippen LogP contribution >= 0.6 is 11.8 Å². The summed E-state index contributed by atoms with van der Waals surface area (Å²) in [6, 6.07) is 5.53. The van der Waals surface area contributed by atoms with Crippen molar-refractivity contribution in [1.82, 2.24) is 10.2 Å². The molecule has 6 heteroatoms. The van der Waals surface area contributed by atoms with Crippen molar-refractivity contribution in [2.45, 2.75) is 6.54 Å². The number of amides is 1. The highest BCUT2D eigenvalue weighted by Crippen LogP contribution is 2.19. The largest absolute Gasteiger partial charge is 0.398 e. The van der Waals surface area contributed by atoms with Crippen molar-refractivity contribution < 1.29 is 4.79 Å². The van der Waals surface area contributed by atoms with Crippen molar-refractivity contribution in [1.29, 1.82) is 0 Å². The topological polar surface area (TPSA) is 84.4 Å². The number of thioether (sulfide) groups is 1. The Balaban J connectivity index is 1.99. The number of carbonyl (C=O) groups is 1. The molecule has 1 saturated heterocycles. The summed E-state index contributed by atoms with van der Waals surface area (Å²) in [5, 5.41) is 2.74. The van der Waals surface area contributed by atoms with Crippen LogP contribution in [0.3, 0.4) is 0 Å². The molecule has 0 unspecified atom stereocenters. The van der Waals surface area contributed by atoms with Gasteiger partial charge in [0.1, 0.15) is 0 Å². The molecule has 0 aliphatic carbocycles. The lowest BCUT2D eigenvalue weighted by atomic mass is 10.1. The van der Waals surface area contributed by atoms with Gasteiger partial charge >= 0.3 is 0 Å². The molecule has 1 aliphatic heterocycles. The highest BCUT2D eigenvalue weighted by molar-refractivity contribution is 7.99. The lowest BCUT2D eigenvalue weighted by molar-refractivity contribution is 0.0955. The predicted octanol–water partition coefficient (Wildman–Crippen LogP) is 0.506. The third kappa shape index (κ3) is 4.13. The molecule has 0 atom stereocenters. The Morgan fingerprint density at radius 1 is 1.35 bits per heavy atom. The summed E-state index contributed by atoms with van der Waals surface area (Å²) in [6.45, 7) is 3.97. The predicted molar refractivity (Wildman–Crippen MR) is 84.8 cm³/mol. The molecule has 1 amide bonds. The number of benzene rings is 1. The maximum absolute atomic E-state index is 11.8. The van der Waals surface area contributed by atoms with Crippen LogP contribution in [0.5, 0.6) is 0 Å². The molecule has 1 aliphatic rings. The first-order valence-corrected chi connectivity index (χ1v) is 8.03. The van der Waals surface area contributed by atoms with E-state index in [2.05, 4.69) is 10.2 Å². The minimum atomic E-state index is -0.122. The van der Waals surface area contributed by atoms with Gasteiger partial charge in [0, 0.05) is 55.5 Å². The number of nitrogen functional groups attached to an aromatic ring is 1. The Morgan fingerprint density at radius 3 is 2.75 bits per heavy atom. The summed E-state index contributed by atoms with van der Waals surface area (Å²) < 4.78 is 0. The highest BCUT2D eigenvalue weighted by Gasteiger charge is 2.13. The number of hydrogen-bond donors (Lipinski definition) is 3. The number of carbonyl (C=O) groups excluding carboxylic acids is 1. The third-order valence-corrected chi connectivity index (χ3v) is 4.28. The molecule has 1 aromatic rings. The molecule has 1 heterocycles. The normalized spacial score (nSPS) is 16.1. The van der Waals surface area contributed by atoms with Crippen LogP contribution in [-0.2, 0) is 6.54 Å². The summed E-state index contributed by atoms with van der Waals surface area (Å²) in [4.78, 5) is 14.2. The van der Waals surface area contributed by atoms with Crippen molar-refractivity contribution in [2.75, 3.05) is 43.4 Å². The van der Waals surface area contributed by atoms with E-state index < -0.39 is 0 Å². The van der Waals surface area contributed by atoms with Crippen molar-refractivity contribution in [2.24, 2.45) is 5.73 Å². The van der Waals surface area contributed by atoms with Crippen molar-refractivity contribution in [3.8, 4) is 0 Å². The average Bonchev–Trinajstić information content (AvgIpc) is 2.48. The molecule has 5 nitrogen and oxygen atoms in total. The minimum Gasteiger partial charge on any atom is -0.398 e. The Morgan fingerprint density at radius 2 is 2.10 bits per heavy atom. The van der Waals surface area contributed by atoms with E-state index in [0.29, 0.717) is 24.3 Å². The van der Waals surface area contributed by atoms with Gasteiger partial charge in [-0.1, -0.05) is 6.07 Å². The molecule has 1 aromatic carbocycles. The Hall–Kier alpha value is -1.24. The molecule has 20 heavy (non-hydrogen) atoms. The van der Waals surface area contributed by atoms with Crippen molar-refractivity contribution in [3.63, 3.8) is 0 Å². The molecular formula is C14H22N4OS. The standard InChI is InChI=1S/C14H22N4OS/c15-3-4-17-14(19)11-1-2-12(13(16)9-11)10-18-5-7-20-8-6-18/h1-2,9H,3-8,10,15-16H2,(H,17,19). The Kier molecular flexibility index (Phi) is 5.70. The molecule has 0 bridgehead atoms. The van der Waals surface area contributed by atoms with E-state index >= 15 is 0 Å². The number of nitrogens with zero attached hydrogens (tertiary/aromatic N) is 1. The number of rotatable bonds is 5. The van der Waals surface area contributed by atoms with Crippen LogP contribution in [0, 0.1) is 0 Å². The van der Waals surface area contributed by atoms with Crippen LogP contribution in [0.1, 0.15) is 15.9 Å². The van der Waals surface area contributed by atoms with Crippen molar-refractivity contribution in [3.05, 3.63) is 29.3 Å². The Bertz CT molecular complexity index is 460. The summed E-state index contributed by atoms with van der Waals surface area (Å²) in [5.74, 6) is 2.24. The first-order chi connectivity index (χ1) is 9.70. The fourth-order valence-electron chi connectivity index (χ4n) is 2.17. The maximum atomic E-state index is 11.8. The summed E-state index contributed by atoms with van der Waals surface area (Å²) in [7, 11) is 0. The van der Waals surface area contributed by atoms with Gasteiger partial charge in [-0.3, -0.25) is 9.69 Å². The van der Waals surface area contributed by atoms with Gasteiger partial charge in [-0.25, -0.2) is 0 Å². The fourth-order valence-corrected chi connectivity index (χ4v) is 3.15. The number of nitrogens with one attached hydrogen (secondary N) is 1. The number of nitrogens with two attached hydrogens (primary N) is 2. The van der Waals surface area contributed by atoms with Crippen LogP contribution in [0.2, 0.25) is 0 Å². The molecule has 0 spiro atoms. The zero-order chi connectivity index (χ0) is 14.4. The van der Waals surface area contributed by atoms with E-state index in [1.807, 2.05) is 23.9 Å². The molecule has 110 valence electrons. The van der Waals surface area contributed by atoms with E-state index in [1.165, 1.54) is 11.5 Å². The molecule has 1 fully saturated rings. The summed E-state index contributed by atoms with van der Waals surface area (Å²) in [6.07, 6.45) is 0. The van der Waals surface area contributed by atoms with E-state index in [4.69, 9.17) is 11.5 Å². The molecular weight excluding hydrogens is 272 g/mol. The molecule has 5 N–H and O–H groups in total. The number of hydrogen-bond acceptors (Lipinski definition) is 5. The zero-order valence-electron chi connectivity index (χ0n) is 11.6. The zero-order valence-corrected chi connectivity index (χ0v) is 12.4. The molecule has 0 radical (unpaired) electrons. The van der Waals surface area contributed by atoms with Crippen LogP contribution in [-0.4, -0.2) is 48.5 Å². The summed E-state index contributed by atoms with van der Waals surface area (Å²) >= 11 is 1.99. The summed E-state index contributed by atoms with van der Waals surface area (Å²) in [5.41, 5.74) is 13.8. The second-order valence-corrected chi connectivity index (χ2v) is 6.07. The van der Waals surface area contributed by atoms with E-state index in [1.54, 1.807) is 6.07 Å². The second-order valence-electron chi connectivity index (χ2n) is 4.85. The third-order valence-electron chi connectivity index (χ3n) is 3.34. The lowest BCUT2D eigenvalue weighted by Gasteiger charge is -2.26. The molecule has 0 saturated carbocycles. The first-order valence-electron chi connectivity index (χ1n) is 6.87. The minimum absolute atomic E-state index is 0.122. The van der Waals surface area contributed by atoms with E-state index in [0.717, 1.165) is 25.2 Å². The fraction of sp³-hybridized carbons (Fsp3) is 0.500. The van der Waals surface area contributed by atoms with E-state index in [9.17, 15) is 4.79 Å². The monoisotopic (exact) mass is 294 g/mol. The average molecular weight is 294 g/mol. The van der Waals surface area contributed by atoms with Gasteiger partial charge in [-0.05, 0) is 17.7 Å². The van der Waals surface area contributed by atoms with Crippen molar-refractivity contribution >= 4 is 23.4 Å². The van der Waals surface area contributed by atoms with Crippen LogP contribution in [0.25, 0.3) is 0 Å². The van der Waals surface area contributed by atoms with Crippen LogP contribution in [0.4, 0.5) is 5.69 Å². The Labute approximate surface area is 124 Å². The quantitative estimate of drug-likeness (QED) is 0.689. The first kappa shape index (κ1) is 15.2. The molecule has 0 aromatic heterocycles. The van der Waals surface area contributed by atoms with E-state index in [-0.39, 0.29) is 5.91 Å². The SMILES string of the molecule is NCCNC(=O)c1ccc(CN2CCSCC2)c(N)c1. The smallest absolute Gasteiger partial charge is 0.251 e. The molecule has 2 rings (SSSR count). The highest BCUT2D eigenvalue weighted by atomic mass is 32.2. The number of anilines is 1. The van der Waals surface area contributed by atoms with Crippen LogP contribution < -0.4 is 16.8 Å². The van der Waals surface area contributed by atoms with Gasteiger partial charge in [0.25, 0.3) is 5.91 Å². The van der Waals surface area contributed by atoms with Gasteiger partial charge in [-0.2, -0.15) is 11.8 Å².